The molecule has 1 aromatic carbocycles. The normalized spacial score (nSPS) is 15.3. The van der Waals surface area contributed by atoms with E-state index in [9.17, 15) is 0 Å². The van der Waals surface area contributed by atoms with Crippen molar-refractivity contribution < 1.29 is 4.74 Å². The van der Waals surface area contributed by atoms with Gasteiger partial charge in [-0.3, -0.25) is 4.99 Å². The second kappa shape index (κ2) is 10.7. The van der Waals surface area contributed by atoms with Crippen molar-refractivity contribution in [1.82, 2.24) is 15.6 Å². The quantitative estimate of drug-likeness (QED) is 0.529. The SMILES string of the molecule is CN=C(NCCC(C)c1ccc(OC)cc1)NCc1ccc(N2CCCC2)nc1. The van der Waals surface area contributed by atoms with Gasteiger partial charge >= 0.3 is 0 Å². The number of benzene rings is 1. The van der Waals surface area contributed by atoms with Gasteiger partial charge in [-0.2, -0.15) is 0 Å². The van der Waals surface area contributed by atoms with Gasteiger partial charge in [0.25, 0.3) is 0 Å². The molecular weight excluding hydrogens is 362 g/mol. The molecular formula is C23H33N5O. The molecule has 6 heteroatoms. The van der Waals surface area contributed by atoms with Crippen molar-refractivity contribution in [2.45, 2.75) is 38.6 Å². The number of nitrogens with one attached hydrogen (secondary N) is 2. The first-order valence-electron chi connectivity index (χ1n) is 10.5. The Morgan fingerprint density at radius 2 is 1.90 bits per heavy atom. The molecule has 0 radical (unpaired) electrons. The van der Waals surface area contributed by atoms with Crippen molar-refractivity contribution in [2.24, 2.45) is 4.99 Å². The molecule has 0 bridgehead atoms. The van der Waals surface area contributed by atoms with E-state index in [-0.39, 0.29) is 0 Å². The molecule has 0 spiro atoms. The van der Waals surface area contributed by atoms with Crippen molar-refractivity contribution in [3.8, 4) is 5.75 Å². The number of pyridine rings is 1. The Hall–Kier alpha value is -2.76. The lowest BCUT2D eigenvalue weighted by Crippen LogP contribution is -2.37. The first-order valence-corrected chi connectivity index (χ1v) is 10.5. The zero-order valence-corrected chi connectivity index (χ0v) is 17.8. The molecule has 2 aromatic rings. The minimum absolute atomic E-state index is 0.467. The number of hydrogen-bond donors (Lipinski definition) is 2. The van der Waals surface area contributed by atoms with E-state index in [1.54, 1.807) is 14.2 Å². The Bertz CT molecular complexity index is 767. The number of rotatable bonds is 8. The maximum atomic E-state index is 5.23. The van der Waals surface area contributed by atoms with Gasteiger partial charge in [0.05, 0.1) is 7.11 Å². The van der Waals surface area contributed by atoms with Gasteiger partial charge in [-0.05, 0) is 54.5 Å². The van der Waals surface area contributed by atoms with E-state index in [2.05, 4.69) is 56.7 Å². The summed E-state index contributed by atoms with van der Waals surface area (Å²) >= 11 is 0. The molecule has 1 saturated heterocycles. The maximum Gasteiger partial charge on any atom is 0.191 e. The summed E-state index contributed by atoms with van der Waals surface area (Å²) in [5.74, 6) is 3.26. The average Bonchev–Trinajstić information content (AvgIpc) is 3.31. The van der Waals surface area contributed by atoms with Crippen molar-refractivity contribution in [3.63, 3.8) is 0 Å². The first-order chi connectivity index (χ1) is 14.2. The van der Waals surface area contributed by atoms with E-state index in [1.807, 2.05) is 18.3 Å². The summed E-state index contributed by atoms with van der Waals surface area (Å²) in [6, 6.07) is 12.6. The van der Waals surface area contributed by atoms with Gasteiger partial charge in [0, 0.05) is 39.4 Å². The van der Waals surface area contributed by atoms with Crippen LogP contribution in [0, 0.1) is 0 Å². The summed E-state index contributed by atoms with van der Waals surface area (Å²) in [5.41, 5.74) is 2.47. The number of aliphatic imine (C=N–C) groups is 1. The maximum absolute atomic E-state index is 5.23. The second-order valence-corrected chi connectivity index (χ2v) is 7.53. The zero-order valence-electron chi connectivity index (χ0n) is 17.8. The largest absolute Gasteiger partial charge is 0.497 e. The molecule has 6 nitrogen and oxygen atoms in total. The van der Waals surface area contributed by atoms with E-state index in [0.717, 1.165) is 49.1 Å². The van der Waals surface area contributed by atoms with Crippen molar-refractivity contribution in [3.05, 3.63) is 53.7 Å². The van der Waals surface area contributed by atoms with Gasteiger partial charge in [0.15, 0.2) is 5.96 Å². The number of aromatic nitrogens is 1. The number of methoxy groups -OCH3 is 1. The fraction of sp³-hybridized carbons (Fsp3) is 0.478. The minimum Gasteiger partial charge on any atom is -0.497 e. The molecule has 156 valence electrons. The van der Waals surface area contributed by atoms with Crippen LogP contribution in [-0.2, 0) is 6.54 Å². The van der Waals surface area contributed by atoms with E-state index in [0.29, 0.717) is 12.5 Å². The molecule has 0 amide bonds. The molecule has 0 aliphatic carbocycles. The predicted molar refractivity (Wildman–Crippen MR) is 120 cm³/mol. The molecule has 1 aliphatic heterocycles. The van der Waals surface area contributed by atoms with E-state index >= 15 is 0 Å². The van der Waals surface area contributed by atoms with Gasteiger partial charge in [0.2, 0.25) is 0 Å². The summed E-state index contributed by atoms with van der Waals surface area (Å²) in [6.45, 7) is 6.06. The van der Waals surface area contributed by atoms with Crippen LogP contribution in [0.25, 0.3) is 0 Å². The fourth-order valence-electron chi connectivity index (χ4n) is 3.57. The summed E-state index contributed by atoms with van der Waals surface area (Å²) in [7, 11) is 3.50. The smallest absolute Gasteiger partial charge is 0.191 e. The average molecular weight is 396 g/mol. The molecule has 1 atom stereocenters. The van der Waals surface area contributed by atoms with E-state index in [1.165, 1.54) is 18.4 Å². The summed E-state index contributed by atoms with van der Waals surface area (Å²) < 4.78 is 5.23. The van der Waals surface area contributed by atoms with Gasteiger partial charge in [0.1, 0.15) is 11.6 Å². The highest BCUT2D eigenvalue weighted by molar-refractivity contribution is 5.79. The standard InChI is InChI=1S/C23H33N5O/c1-18(20-7-9-21(29-3)10-8-20)12-13-25-23(24-2)27-17-19-6-11-22(26-16-19)28-14-4-5-15-28/h6-11,16,18H,4-5,12-15,17H2,1-3H3,(H2,24,25,27). The Balaban J connectivity index is 1.40. The molecule has 0 saturated carbocycles. The summed E-state index contributed by atoms with van der Waals surface area (Å²) in [6.07, 6.45) is 5.52. The Kier molecular flexibility index (Phi) is 7.73. The van der Waals surface area contributed by atoms with Crippen LogP contribution in [-0.4, -0.2) is 44.7 Å². The topological polar surface area (TPSA) is 61.8 Å². The number of nitrogens with zero attached hydrogens (tertiary/aromatic N) is 3. The van der Waals surface area contributed by atoms with Gasteiger partial charge < -0.3 is 20.3 Å². The molecule has 1 fully saturated rings. The van der Waals surface area contributed by atoms with Crippen LogP contribution in [0.5, 0.6) is 5.75 Å². The molecule has 2 N–H and O–H groups in total. The van der Waals surface area contributed by atoms with Crippen LogP contribution in [0.4, 0.5) is 5.82 Å². The fourth-order valence-corrected chi connectivity index (χ4v) is 3.57. The van der Waals surface area contributed by atoms with Gasteiger partial charge in [-0.1, -0.05) is 25.1 Å². The molecule has 3 rings (SSSR count). The molecule has 1 unspecified atom stereocenters. The third kappa shape index (κ3) is 6.11. The number of ether oxygens (including phenoxy) is 1. The molecule has 29 heavy (non-hydrogen) atoms. The summed E-state index contributed by atoms with van der Waals surface area (Å²) in [5, 5.41) is 6.78. The van der Waals surface area contributed by atoms with Crippen LogP contribution < -0.4 is 20.3 Å². The highest BCUT2D eigenvalue weighted by Gasteiger charge is 2.13. The van der Waals surface area contributed by atoms with E-state index < -0.39 is 0 Å². The Labute approximate surface area is 174 Å². The molecule has 2 heterocycles. The molecule has 1 aromatic heterocycles. The summed E-state index contributed by atoms with van der Waals surface area (Å²) in [4.78, 5) is 11.3. The predicted octanol–water partition coefficient (Wildman–Crippen LogP) is 3.55. The Morgan fingerprint density at radius 1 is 1.14 bits per heavy atom. The van der Waals surface area contributed by atoms with Crippen molar-refractivity contribution in [2.75, 3.05) is 38.7 Å². The van der Waals surface area contributed by atoms with Crippen LogP contribution >= 0.6 is 0 Å². The lowest BCUT2D eigenvalue weighted by Gasteiger charge is -2.17. The number of hydrogen-bond acceptors (Lipinski definition) is 4. The van der Waals surface area contributed by atoms with Crippen LogP contribution in [0.15, 0.2) is 47.6 Å². The van der Waals surface area contributed by atoms with Gasteiger partial charge in [-0.15, -0.1) is 0 Å². The van der Waals surface area contributed by atoms with Crippen LogP contribution in [0.3, 0.4) is 0 Å². The number of guanidine groups is 1. The number of anilines is 1. The zero-order chi connectivity index (χ0) is 20.5. The minimum atomic E-state index is 0.467. The van der Waals surface area contributed by atoms with Crippen molar-refractivity contribution >= 4 is 11.8 Å². The van der Waals surface area contributed by atoms with Gasteiger partial charge in [-0.25, -0.2) is 4.98 Å². The highest BCUT2D eigenvalue weighted by Crippen LogP contribution is 2.21. The lowest BCUT2D eigenvalue weighted by molar-refractivity contribution is 0.414. The second-order valence-electron chi connectivity index (χ2n) is 7.53. The Morgan fingerprint density at radius 3 is 2.52 bits per heavy atom. The molecule has 1 aliphatic rings. The van der Waals surface area contributed by atoms with Crippen LogP contribution in [0.2, 0.25) is 0 Å². The third-order valence-corrected chi connectivity index (χ3v) is 5.48. The van der Waals surface area contributed by atoms with Crippen molar-refractivity contribution in [1.29, 1.82) is 0 Å². The monoisotopic (exact) mass is 395 g/mol. The first kappa shape index (κ1) is 21.0. The third-order valence-electron chi connectivity index (χ3n) is 5.48. The van der Waals surface area contributed by atoms with Crippen LogP contribution in [0.1, 0.15) is 43.2 Å². The van der Waals surface area contributed by atoms with E-state index in [4.69, 9.17) is 4.74 Å². The highest BCUT2D eigenvalue weighted by atomic mass is 16.5. The lowest BCUT2D eigenvalue weighted by atomic mass is 9.98.